The van der Waals surface area contributed by atoms with E-state index in [1.54, 1.807) is 11.9 Å². The molecule has 0 unspecified atom stereocenters. The molecule has 0 bridgehead atoms. The fourth-order valence-corrected chi connectivity index (χ4v) is 4.36. The number of amides is 2. The summed E-state index contributed by atoms with van der Waals surface area (Å²) in [5, 5.41) is 2.48. The highest BCUT2D eigenvalue weighted by Gasteiger charge is 2.36. The van der Waals surface area contributed by atoms with E-state index >= 15 is 0 Å². The second-order valence-electron chi connectivity index (χ2n) is 7.17. The van der Waals surface area contributed by atoms with Gasteiger partial charge >= 0.3 is 0 Å². The highest BCUT2D eigenvalue weighted by atomic mass is 32.2. The van der Waals surface area contributed by atoms with E-state index in [1.807, 2.05) is 36.4 Å². The number of thioether (sulfide) groups is 1. The molecular formula is C20H22N2O3S. The van der Waals surface area contributed by atoms with Crippen molar-refractivity contribution in [3.8, 4) is 0 Å². The first kappa shape index (κ1) is 17.2. The Bertz CT molecular complexity index is 847. The number of hydrogen-bond acceptors (Lipinski definition) is 4. The van der Waals surface area contributed by atoms with E-state index < -0.39 is 5.25 Å². The summed E-state index contributed by atoms with van der Waals surface area (Å²) in [5.41, 5.74) is 0.817. The third kappa shape index (κ3) is 3.51. The highest BCUT2D eigenvalue weighted by Crippen LogP contribution is 2.47. The molecule has 0 saturated heterocycles. The molecule has 6 heteroatoms. The van der Waals surface area contributed by atoms with Crippen molar-refractivity contribution in [3.63, 3.8) is 0 Å². The second-order valence-corrected chi connectivity index (χ2v) is 8.41. The van der Waals surface area contributed by atoms with Gasteiger partial charge in [0.25, 0.3) is 0 Å². The second kappa shape index (κ2) is 6.83. The van der Waals surface area contributed by atoms with Crippen LogP contribution in [0, 0.1) is 5.92 Å². The van der Waals surface area contributed by atoms with E-state index in [4.69, 9.17) is 4.42 Å². The SMILES string of the molecule is C[C@@H]1C[C@H]1c1ccc(CN(C)C(=O)C[C@@H]2Sc3ccccc3NC2=O)o1. The van der Waals surface area contributed by atoms with Crippen LogP contribution in [0.3, 0.4) is 0 Å². The monoisotopic (exact) mass is 370 g/mol. The van der Waals surface area contributed by atoms with Crippen LogP contribution in [-0.4, -0.2) is 29.0 Å². The lowest BCUT2D eigenvalue weighted by atomic mass is 10.2. The first-order chi connectivity index (χ1) is 12.5. The zero-order chi connectivity index (χ0) is 18.3. The van der Waals surface area contributed by atoms with Crippen molar-refractivity contribution in [2.24, 2.45) is 5.92 Å². The molecule has 4 rings (SSSR count). The molecule has 2 amide bonds. The van der Waals surface area contributed by atoms with Crippen LogP contribution in [0.25, 0.3) is 0 Å². The molecule has 5 nitrogen and oxygen atoms in total. The molecule has 2 aliphatic rings. The molecule has 0 spiro atoms. The van der Waals surface area contributed by atoms with Gasteiger partial charge in [-0.3, -0.25) is 9.59 Å². The van der Waals surface area contributed by atoms with E-state index in [0.717, 1.165) is 22.1 Å². The number of anilines is 1. The minimum Gasteiger partial charge on any atom is -0.464 e. The minimum atomic E-state index is -0.403. The van der Waals surface area contributed by atoms with Crippen molar-refractivity contribution in [2.75, 3.05) is 12.4 Å². The predicted octanol–water partition coefficient (Wildman–Crippen LogP) is 3.86. The maximum Gasteiger partial charge on any atom is 0.238 e. The summed E-state index contributed by atoms with van der Waals surface area (Å²) in [5.74, 6) is 2.87. The molecule has 2 heterocycles. The Labute approximate surface area is 157 Å². The number of nitrogens with one attached hydrogen (secondary N) is 1. The zero-order valence-corrected chi connectivity index (χ0v) is 15.7. The maximum atomic E-state index is 12.6. The van der Waals surface area contributed by atoms with Gasteiger partial charge in [-0.05, 0) is 36.6 Å². The van der Waals surface area contributed by atoms with Crippen LogP contribution in [0.5, 0.6) is 0 Å². The van der Waals surface area contributed by atoms with Gasteiger partial charge < -0.3 is 14.6 Å². The molecule has 136 valence electrons. The number of para-hydroxylation sites is 1. The van der Waals surface area contributed by atoms with E-state index in [2.05, 4.69) is 12.2 Å². The average Bonchev–Trinajstić information content (AvgIpc) is 3.17. The predicted molar refractivity (Wildman–Crippen MR) is 101 cm³/mol. The van der Waals surface area contributed by atoms with Crippen LogP contribution in [0.4, 0.5) is 5.69 Å². The Morgan fingerprint density at radius 2 is 2.08 bits per heavy atom. The molecule has 26 heavy (non-hydrogen) atoms. The van der Waals surface area contributed by atoms with Gasteiger partial charge in [0, 0.05) is 24.3 Å². The van der Waals surface area contributed by atoms with E-state index in [1.165, 1.54) is 18.2 Å². The van der Waals surface area contributed by atoms with Gasteiger partial charge in [-0.25, -0.2) is 0 Å². The molecule has 1 aliphatic heterocycles. The lowest BCUT2D eigenvalue weighted by Gasteiger charge is -2.25. The lowest BCUT2D eigenvalue weighted by Crippen LogP contribution is -2.35. The van der Waals surface area contributed by atoms with E-state index in [0.29, 0.717) is 18.4 Å². The Balaban J connectivity index is 1.35. The van der Waals surface area contributed by atoms with E-state index in [9.17, 15) is 9.59 Å². The quantitative estimate of drug-likeness (QED) is 0.868. The molecule has 1 saturated carbocycles. The molecule has 1 fully saturated rings. The number of carbonyl (C=O) groups excluding carboxylic acids is 2. The molecule has 1 aliphatic carbocycles. The number of rotatable bonds is 5. The summed E-state index contributed by atoms with van der Waals surface area (Å²) in [7, 11) is 1.75. The topological polar surface area (TPSA) is 62.6 Å². The standard InChI is InChI=1S/C20H22N2O3S/c1-12-9-14(12)16-8-7-13(25-16)11-22(2)19(23)10-18-20(24)21-15-5-3-4-6-17(15)26-18/h3-8,12,14,18H,9-11H2,1-2H3,(H,21,24)/t12-,14-,18+/m1/s1. The molecule has 2 aromatic rings. The maximum absolute atomic E-state index is 12.6. The lowest BCUT2D eigenvalue weighted by molar-refractivity contribution is -0.132. The largest absolute Gasteiger partial charge is 0.464 e. The summed E-state index contributed by atoms with van der Waals surface area (Å²) in [6.45, 7) is 2.64. The summed E-state index contributed by atoms with van der Waals surface area (Å²) in [4.78, 5) is 27.5. The molecule has 0 radical (unpaired) electrons. The van der Waals surface area contributed by atoms with Gasteiger partial charge in [0.15, 0.2) is 0 Å². The number of fused-ring (bicyclic) bond motifs is 1. The zero-order valence-electron chi connectivity index (χ0n) is 14.9. The van der Waals surface area contributed by atoms with Gasteiger partial charge in [0.05, 0.1) is 17.5 Å². The summed E-state index contributed by atoms with van der Waals surface area (Å²) >= 11 is 1.45. The number of furan rings is 1. The number of carbonyl (C=O) groups is 2. The molecule has 1 N–H and O–H groups in total. The first-order valence-electron chi connectivity index (χ1n) is 8.90. The minimum absolute atomic E-state index is 0.0604. The van der Waals surface area contributed by atoms with Crippen molar-refractivity contribution in [1.82, 2.24) is 4.90 Å². The highest BCUT2D eigenvalue weighted by molar-refractivity contribution is 8.01. The van der Waals surface area contributed by atoms with Crippen molar-refractivity contribution in [1.29, 1.82) is 0 Å². The normalized spacial score (nSPS) is 23.9. The smallest absolute Gasteiger partial charge is 0.238 e. The van der Waals surface area contributed by atoms with Gasteiger partial charge in [0.2, 0.25) is 11.8 Å². The van der Waals surface area contributed by atoms with Crippen molar-refractivity contribution in [2.45, 2.75) is 42.4 Å². The molecule has 3 atom stereocenters. The first-order valence-corrected chi connectivity index (χ1v) is 9.78. The molecular weight excluding hydrogens is 348 g/mol. The van der Waals surface area contributed by atoms with Gasteiger partial charge in [-0.15, -0.1) is 11.8 Å². The summed E-state index contributed by atoms with van der Waals surface area (Å²) in [6, 6.07) is 11.6. The Hall–Kier alpha value is -2.21. The fraction of sp³-hybridized carbons (Fsp3) is 0.400. The van der Waals surface area contributed by atoms with Crippen LogP contribution in [0.1, 0.15) is 37.2 Å². The fourth-order valence-electron chi connectivity index (χ4n) is 3.26. The van der Waals surface area contributed by atoms with Crippen LogP contribution >= 0.6 is 11.8 Å². The molecule has 1 aromatic heterocycles. The van der Waals surface area contributed by atoms with Crippen molar-refractivity contribution < 1.29 is 14.0 Å². The Morgan fingerprint density at radius 3 is 2.85 bits per heavy atom. The summed E-state index contributed by atoms with van der Waals surface area (Å²) < 4.78 is 5.88. The molecule has 1 aromatic carbocycles. The van der Waals surface area contributed by atoms with Crippen LogP contribution in [-0.2, 0) is 16.1 Å². The van der Waals surface area contributed by atoms with Gasteiger partial charge in [-0.2, -0.15) is 0 Å². The van der Waals surface area contributed by atoms with Gasteiger partial charge in [0.1, 0.15) is 11.5 Å². The summed E-state index contributed by atoms with van der Waals surface area (Å²) in [6.07, 6.45) is 1.35. The Morgan fingerprint density at radius 1 is 1.31 bits per heavy atom. The van der Waals surface area contributed by atoms with Crippen LogP contribution in [0.15, 0.2) is 45.7 Å². The number of benzene rings is 1. The van der Waals surface area contributed by atoms with Gasteiger partial charge in [-0.1, -0.05) is 19.1 Å². The number of hydrogen-bond donors (Lipinski definition) is 1. The van der Waals surface area contributed by atoms with Crippen LogP contribution in [0.2, 0.25) is 0 Å². The van der Waals surface area contributed by atoms with Crippen LogP contribution < -0.4 is 5.32 Å². The third-order valence-electron chi connectivity index (χ3n) is 5.04. The Kier molecular flexibility index (Phi) is 4.53. The van der Waals surface area contributed by atoms with Crippen molar-refractivity contribution >= 4 is 29.3 Å². The average molecular weight is 370 g/mol. The van der Waals surface area contributed by atoms with Crippen molar-refractivity contribution in [3.05, 3.63) is 47.9 Å². The third-order valence-corrected chi connectivity index (χ3v) is 6.32. The number of nitrogens with zero attached hydrogens (tertiary/aromatic N) is 1. The van der Waals surface area contributed by atoms with E-state index in [-0.39, 0.29) is 18.2 Å².